The van der Waals surface area contributed by atoms with E-state index in [-0.39, 0.29) is 11.9 Å². The Morgan fingerprint density at radius 2 is 1.91 bits per heavy atom. The predicted octanol–water partition coefficient (Wildman–Crippen LogP) is 4.55. The van der Waals surface area contributed by atoms with Crippen molar-refractivity contribution in [3.05, 3.63) is 48.3 Å². The number of ether oxygens (including phenoxy) is 1. The molecule has 6 nitrogen and oxygen atoms in total. The lowest BCUT2D eigenvalue weighted by molar-refractivity contribution is 0.243. The van der Waals surface area contributed by atoms with Gasteiger partial charge in [-0.3, -0.25) is 4.40 Å². The summed E-state index contributed by atoms with van der Waals surface area (Å²) >= 11 is 0. The average Bonchev–Trinajstić information content (AvgIpc) is 2.83. The van der Waals surface area contributed by atoms with E-state index < -0.39 is 0 Å². The largest absolute Gasteiger partial charge is 0.504 e. The van der Waals surface area contributed by atoms with Crippen LogP contribution in [-0.4, -0.2) is 20.6 Å². The Morgan fingerprint density at radius 3 is 2.70 bits per heavy atom. The number of hydrogen-bond donors (Lipinski definition) is 1. The van der Waals surface area contributed by atoms with Crippen LogP contribution >= 0.6 is 0 Å². The van der Waals surface area contributed by atoms with Crippen molar-refractivity contribution in [1.29, 1.82) is 0 Å². The summed E-state index contributed by atoms with van der Waals surface area (Å²) in [5, 5.41) is 18.5. The van der Waals surface area contributed by atoms with E-state index in [0.717, 1.165) is 0 Å². The molecule has 0 spiro atoms. The lowest BCUT2D eigenvalue weighted by Gasteiger charge is -2.10. The Balaban J connectivity index is 2.01. The number of imidazole rings is 1. The van der Waals surface area contributed by atoms with E-state index in [0.29, 0.717) is 28.6 Å². The number of rotatable bonds is 4. The number of benzene rings is 1. The Bertz CT molecular complexity index is 868. The first-order valence-electron chi connectivity index (χ1n) is 7.40. The molecule has 0 saturated heterocycles. The number of fused-ring (bicyclic) bond motifs is 1. The monoisotopic (exact) mass is 310 g/mol. The predicted molar refractivity (Wildman–Crippen MR) is 88.0 cm³/mol. The summed E-state index contributed by atoms with van der Waals surface area (Å²) in [5.41, 5.74) is 1.80. The van der Waals surface area contributed by atoms with E-state index >= 15 is 0 Å². The zero-order chi connectivity index (χ0) is 16.4. The standard InChI is InChI=1S/C17H18N4O2/c1-11(2)23-15-9-5-4-7-13(15)19-20-16-12(3)18-17-14(22)8-6-10-21(16)17/h4-11,22H,1-3H3. The van der Waals surface area contributed by atoms with Crippen LogP contribution in [0.5, 0.6) is 11.5 Å². The van der Waals surface area contributed by atoms with Gasteiger partial charge in [-0.15, -0.1) is 10.2 Å². The van der Waals surface area contributed by atoms with Crippen molar-refractivity contribution in [3.63, 3.8) is 0 Å². The molecule has 118 valence electrons. The molecule has 1 N–H and O–H groups in total. The van der Waals surface area contributed by atoms with Crippen molar-refractivity contribution < 1.29 is 9.84 Å². The molecule has 0 radical (unpaired) electrons. The third-order valence-corrected chi connectivity index (χ3v) is 3.25. The minimum Gasteiger partial charge on any atom is -0.504 e. The minimum absolute atomic E-state index is 0.0563. The number of nitrogens with zero attached hydrogens (tertiary/aromatic N) is 4. The van der Waals surface area contributed by atoms with Crippen LogP contribution in [0.2, 0.25) is 0 Å². The fourth-order valence-corrected chi connectivity index (χ4v) is 2.27. The molecular weight excluding hydrogens is 292 g/mol. The Kier molecular flexibility index (Phi) is 3.97. The fourth-order valence-electron chi connectivity index (χ4n) is 2.27. The third-order valence-electron chi connectivity index (χ3n) is 3.25. The molecule has 2 heterocycles. The number of aryl methyl sites for hydroxylation is 1. The van der Waals surface area contributed by atoms with Crippen LogP contribution in [0.15, 0.2) is 52.8 Å². The second-order valence-electron chi connectivity index (χ2n) is 5.44. The van der Waals surface area contributed by atoms with E-state index in [1.54, 1.807) is 22.7 Å². The third kappa shape index (κ3) is 3.01. The highest BCUT2D eigenvalue weighted by molar-refractivity contribution is 5.60. The molecular formula is C17H18N4O2. The van der Waals surface area contributed by atoms with Crippen LogP contribution in [0, 0.1) is 6.92 Å². The van der Waals surface area contributed by atoms with Gasteiger partial charge in [0.2, 0.25) is 0 Å². The highest BCUT2D eigenvalue weighted by Crippen LogP contribution is 2.31. The van der Waals surface area contributed by atoms with Crippen LogP contribution in [-0.2, 0) is 0 Å². The van der Waals surface area contributed by atoms with Crippen molar-refractivity contribution in [1.82, 2.24) is 9.38 Å². The maximum Gasteiger partial charge on any atom is 0.182 e. The highest BCUT2D eigenvalue weighted by Gasteiger charge is 2.11. The number of azo groups is 1. The molecule has 0 aliphatic heterocycles. The molecule has 0 aliphatic rings. The maximum absolute atomic E-state index is 9.86. The first kappa shape index (κ1) is 15.0. The molecule has 6 heteroatoms. The number of aromatic hydroxyl groups is 1. The van der Waals surface area contributed by atoms with Gasteiger partial charge < -0.3 is 9.84 Å². The Morgan fingerprint density at radius 1 is 1.13 bits per heavy atom. The summed E-state index contributed by atoms with van der Waals surface area (Å²) in [4.78, 5) is 4.32. The van der Waals surface area contributed by atoms with Crippen molar-refractivity contribution >= 4 is 17.2 Å². The summed E-state index contributed by atoms with van der Waals surface area (Å²) in [7, 11) is 0. The lowest BCUT2D eigenvalue weighted by Crippen LogP contribution is -2.05. The SMILES string of the molecule is Cc1nc2c(O)cccn2c1N=Nc1ccccc1OC(C)C. The van der Waals surface area contributed by atoms with Gasteiger partial charge in [-0.25, -0.2) is 4.98 Å². The van der Waals surface area contributed by atoms with Crippen LogP contribution in [0.25, 0.3) is 5.65 Å². The second-order valence-corrected chi connectivity index (χ2v) is 5.44. The van der Waals surface area contributed by atoms with Gasteiger partial charge in [0.1, 0.15) is 11.4 Å². The number of para-hydroxylation sites is 1. The minimum atomic E-state index is 0.0563. The topological polar surface area (TPSA) is 71.5 Å². The number of aromatic nitrogens is 2. The molecule has 0 aliphatic carbocycles. The van der Waals surface area contributed by atoms with Gasteiger partial charge in [0.25, 0.3) is 0 Å². The number of hydrogen-bond acceptors (Lipinski definition) is 5. The molecule has 3 aromatic rings. The lowest BCUT2D eigenvalue weighted by atomic mass is 10.3. The normalized spacial score (nSPS) is 11.7. The van der Waals surface area contributed by atoms with Crippen LogP contribution < -0.4 is 4.74 Å². The molecule has 0 saturated carbocycles. The van der Waals surface area contributed by atoms with Gasteiger partial charge in [0.05, 0.1) is 11.8 Å². The van der Waals surface area contributed by atoms with E-state index in [9.17, 15) is 5.11 Å². The summed E-state index contributed by atoms with van der Waals surface area (Å²) in [6.45, 7) is 5.76. The van der Waals surface area contributed by atoms with Crippen LogP contribution in [0.4, 0.5) is 11.5 Å². The molecule has 1 aromatic carbocycles. The van der Waals surface area contributed by atoms with Gasteiger partial charge in [-0.2, -0.15) is 0 Å². The smallest absolute Gasteiger partial charge is 0.182 e. The van der Waals surface area contributed by atoms with Crippen LogP contribution in [0.1, 0.15) is 19.5 Å². The van der Waals surface area contributed by atoms with Crippen molar-refractivity contribution in [3.8, 4) is 11.5 Å². The highest BCUT2D eigenvalue weighted by atomic mass is 16.5. The second kappa shape index (κ2) is 6.08. The van der Waals surface area contributed by atoms with Crippen molar-refractivity contribution in [2.75, 3.05) is 0 Å². The van der Waals surface area contributed by atoms with Crippen LogP contribution in [0.3, 0.4) is 0 Å². The van der Waals surface area contributed by atoms with Gasteiger partial charge in [0.15, 0.2) is 17.2 Å². The molecule has 0 bridgehead atoms. The van der Waals surface area contributed by atoms with E-state index in [2.05, 4.69) is 15.2 Å². The van der Waals surface area contributed by atoms with E-state index in [4.69, 9.17) is 4.74 Å². The van der Waals surface area contributed by atoms with Crippen molar-refractivity contribution in [2.24, 2.45) is 10.2 Å². The van der Waals surface area contributed by atoms with E-state index in [1.165, 1.54) is 0 Å². The summed E-state index contributed by atoms with van der Waals surface area (Å²) in [6.07, 6.45) is 1.85. The quantitative estimate of drug-likeness (QED) is 0.718. The molecule has 23 heavy (non-hydrogen) atoms. The Hall–Kier alpha value is -2.89. The van der Waals surface area contributed by atoms with Gasteiger partial charge in [-0.1, -0.05) is 12.1 Å². The first-order chi connectivity index (χ1) is 11.1. The maximum atomic E-state index is 9.86. The van der Waals surface area contributed by atoms with Gasteiger partial charge in [0, 0.05) is 6.20 Å². The summed E-state index contributed by atoms with van der Waals surface area (Å²) < 4.78 is 7.44. The summed E-state index contributed by atoms with van der Waals surface area (Å²) in [5.74, 6) is 1.37. The van der Waals surface area contributed by atoms with Gasteiger partial charge in [-0.05, 0) is 45.0 Å². The summed E-state index contributed by atoms with van der Waals surface area (Å²) in [6, 6.07) is 10.8. The zero-order valence-electron chi connectivity index (χ0n) is 13.3. The zero-order valence-corrected chi connectivity index (χ0v) is 13.3. The van der Waals surface area contributed by atoms with E-state index in [1.807, 2.05) is 45.0 Å². The average molecular weight is 310 g/mol. The fraction of sp³-hybridized carbons (Fsp3) is 0.235. The molecule has 0 fully saturated rings. The molecule has 0 atom stereocenters. The van der Waals surface area contributed by atoms with Crippen molar-refractivity contribution in [2.45, 2.75) is 26.9 Å². The number of pyridine rings is 1. The molecule has 0 amide bonds. The first-order valence-corrected chi connectivity index (χ1v) is 7.40. The Labute approximate surface area is 134 Å². The van der Waals surface area contributed by atoms with Gasteiger partial charge >= 0.3 is 0 Å². The molecule has 3 rings (SSSR count). The molecule has 0 unspecified atom stereocenters. The molecule has 2 aromatic heterocycles.